The third-order valence-electron chi connectivity index (χ3n) is 4.40. The molecule has 0 radical (unpaired) electrons. The molecule has 7 heteroatoms. The van der Waals surface area contributed by atoms with Gasteiger partial charge in [0, 0.05) is 31.6 Å². The number of primary amides is 1. The van der Waals surface area contributed by atoms with Gasteiger partial charge in [-0.3, -0.25) is 9.69 Å². The smallest absolute Gasteiger partial charge is 0.220 e. The van der Waals surface area contributed by atoms with Crippen LogP contribution in [0.25, 0.3) is 11.4 Å². The third-order valence-corrected chi connectivity index (χ3v) is 4.88. The zero-order valence-corrected chi connectivity index (χ0v) is 14.0. The van der Waals surface area contributed by atoms with Crippen molar-refractivity contribution in [1.29, 1.82) is 0 Å². The van der Waals surface area contributed by atoms with Gasteiger partial charge < -0.3 is 10.3 Å². The molecule has 122 valence electrons. The van der Waals surface area contributed by atoms with E-state index in [1.165, 1.54) is 0 Å². The van der Waals surface area contributed by atoms with E-state index in [4.69, 9.17) is 18.0 Å². The second kappa shape index (κ2) is 6.64. The summed E-state index contributed by atoms with van der Waals surface area (Å²) in [5.41, 5.74) is 6.43. The standard InChI is InChI=1S/C16H21N5OS/c1-19-15(13-5-3-2-4-6-13)18-21(16(19)23)11-20-9-7-12(8-10-20)14(17)22/h2-6,12H,7-11H2,1H3,(H2,17,22). The maximum atomic E-state index is 11.2. The Morgan fingerprint density at radius 2 is 1.96 bits per heavy atom. The summed E-state index contributed by atoms with van der Waals surface area (Å²) in [5.74, 6) is 0.677. The predicted molar refractivity (Wildman–Crippen MR) is 91.0 cm³/mol. The van der Waals surface area contributed by atoms with Gasteiger partial charge in [-0.15, -0.1) is 0 Å². The van der Waals surface area contributed by atoms with E-state index >= 15 is 0 Å². The van der Waals surface area contributed by atoms with Gasteiger partial charge in [0.1, 0.15) is 0 Å². The Hall–Kier alpha value is -1.99. The molecular weight excluding hydrogens is 310 g/mol. The van der Waals surface area contributed by atoms with E-state index in [9.17, 15) is 4.79 Å². The quantitative estimate of drug-likeness (QED) is 0.867. The molecule has 0 unspecified atom stereocenters. The monoisotopic (exact) mass is 331 g/mol. The number of carbonyl (C=O) groups excluding carboxylic acids is 1. The number of piperidine rings is 1. The number of nitrogens with two attached hydrogens (primary N) is 1. The number of rotatable bonds is 4. The average molecular weight is 331 g/mol. The molecule has 23 heavy (non-hydrogen) atoms. The average Bonchev–Trinajstić information content (AvgIpc) is 2.85. The lowest BCUT2D eigenvalue weighted by Gasteiger charge is -2.29. The first-order chi connectivity index (χ1) is 11.1. The van der Waals surface area contributed by atoms with E-state index in [2.05, 4.69) is 10.00 Å². The molecule has 2 N–H and O–H groups in total. The number of hydrogen-bond donors (Lipinski definition) is 1. The van der Waals surface area contributed by atoms with Crippen molar-refractivity contribution in [2.24, 2.45) is 18.7 Å². The Kier molecular flexibility index (Phi) is 4.58. The van der Waals surface area contributed by atoms with E-state index in [-0.39, 0.29) is 11.8 Å². The minimum absolute atomic E-state index is 0.00262. The molecule has 1 aromatic heterocycles. The summed E-state index contributed by atoms with van der Waals surface area (Å²) < 4.78 is 4.48. The minimum Gasteiger partial charge on any atom is -0.369 e. The van der Waals surface area contributed by atoms with Crippen molar-refractivity contribution < 1.29 is 4.79 Å². The lowest BCUT2D eigenvalue weighted by Crippen LogP contribution is -2.39. The van der Waals surface area contributed by atoms with Gasteiger partial charge in [0.25, 0.3) is 0 Å². The Balaban J connectivity index is 1.75. The van der Waals surface area contributed by atoms with Crippen LogP contribution < -0.4 is 5.73 Å². The summed E-state index contributed by atoms with van der Waals surface area (Å²) in [5, 5.41) is 4.67. The number of hydrogen-bond acceptors (Lipinski definition) is 4. The summed E-state index contributed by atoms with van der Waals surface area (Å²) in [6, 6.07) is 10.0. The Labute approximate surface area is 140 Å². The molecule has 0 atom stereocenters. The van der Waals surface area contributed by atoms with Crippen LogP contribution in [0.4, 0.5) is 0 Å². The van der Waals surface area contributed by atoms with Crippen LogP contribution in [0.3, 0.4) is 0 Å². The fourth-order valence-electron chi connectivity index (χ4n) is 2.97. The largest absolute Gasteiger partial charge is 0.369 e. The van der Waals surface area contributed by atoms with E-state index in [1.54, 1.807) is 0 Å². The summed E-state index contributed by atoms with van der Waals surface area (Å²) in [4.78, 5) is 13.5. The molecule has 6 nitrogen and oxygen atoms in total. The molecule has 1 amide bonds. The van der Waals surface area contributed by atoms with Crippen molar-refractivity contribution in [2.75, 3.05) is 13.1 Å². The van der Waals surface area contributed by atoms with Crippen LogP contribution in [-0.2, 0) is 18.5 Å². The van der Waals surface area contributed by atoms with Crippen molar-refractivity contribution in [3.8, 4) is 11.4 Å². The van der Waals surface area contributed by atoms with Gasteiger partial charge in [-0.05, 0) is 25.1 Å². The van der Waals surface area contributed by atoms with Gasteiger partial charge >= 0.3 is 0 Å². The molecule has 1 fully saturated rings. The topological polar surface area (TPSA) is 69.1 Å². The molecule has 1 aromatic carbocycles. The van der Waals surface area contributed by atoms with Crippen LogP contribution in [0.2, 0.25) is 0 Å². The van der Waals surface area contributed by atoms with Crippen molar-refractivity contribution in [1.82, 2.24) is 19.2 Å². The normalized spacial score (nSPS) is 16.6. The van der Waals surface area contributed by atoms with Crippen molar-refractivity contribution in [3.05, 3.63) is 35.1 Å². The van der Waals surface area contributed by atoms with Crippen LogP contribution in [0.1, 0.15) is 12.8 Å². The fourth-order valence-corrected chi connectivity index (χ4v) is 3.15. The van der Waals surface area contributed by atoms with Crippen LogP contribution in [-0.4, -0.2) is 38.2 Å². The van der Waals surface area contributed by atoms with Crippen LogP contribution in [0.15, 0.2) is 30.3 Å². The molecule has 1 aliphatic heterocycles. The van der Waals surface area contributed by atoms with Gasteiger partial charge in [0.2, 0.25) is 5.91 Å². The second-order valence-corrected chi connectivity index (χ2v) is 6.33. The SMILES string of the molecule is Cn1c(-c2ccccc2)nn(CN2CCC(C(N)=O)CC2)c1=S. The number of likely N-dealkylation sites (tertiary alicyclic amines) is 1. The highest BCUT2D eigenvalue weighted by Crippen LogP contribution is 2.19. The molecular formula is C16H21N5OS. The van der Waals surface area contributed by atoms with E-state index in [1.807, 2.05) is 46.6 Å². The highest BCUT2D eigenvalue weighted by molar-refractivity contribution is 7.71. The molecule has 0 aliphatic carbocycles. The van der Waals surface area contributed by atoms with Crippen molar-refractivity contribution in [3.63, 3.8) is 0 Å². The molecule has 0 bridgehead atoms. The van der Waals surface area contributed by atoms with Gasteiger partial charge in [-0.1, -0.05) is 30.3 Å². The lowest BCUT2D eigenvalue weighted by molar-refractivity contribution is -0.123. The number of benzene rings is 1. The van der Waals surface area contributed by atoms with E-state index < -0.39 is 0 Å². The minimum atomic E-state index is -0.189. The predicted octanol–water partition coefficient (Wildman–Crippen LogP) is 1.77. The van der Waals surface area contributed by atoms with Crippen LogP contribution in [0, 0.1) is 10.7 Å². The summed E-state index contributed by atoms with van der Waals surface area (Å²) >= 11 is 5.51. The molecule has 0 spiro atoms. The fraction of sp³-hybridized carbons (Fsp3) is 0.438. The number of amides is 1. The Bertz CT molecular complexity index is 744. The second-order valence-electron chi connectivity index (χ2n) is 5.97. The first-order valence-electron chi connectivity index (χ1n) is 7.77. The first-order valence-corrected chi connectivity index (χ1v) is 8.18. The molecule has 1 saturated heterocycles. The number of carbonyl (C=O) groups is 1. The van der Waals surface area contributed by atoms with Crippen molar-refractivity contribution in [2.45, 2.75) is 19.5 Å². The molecule has 2 heterocycles. The summed E-state index contributed by atoms with van der Waals surface area (Å²) in [7, 11) is 1.94. The zero-order valence-electron chi connectivity index (χ0n) is 13.2. The molecule has 3 rings (SSSR count). The van der Waals surface area contributed by atoms with Gasteiger partial charge in [-0.2, -0.15) is 5.10 Å². The number of aromatic nitrogens is 3. The third kappa shape index (κ3) is 3.35. The lowest BCUT2D eigenvalue weighted by atomic mass is 9.97. The highest BCUT2D eigenvalue weighted by atomic mass is 32.1. The maximum Gasteiger partial charge on any atom is 0.220 e. The van der Waals surface area contributed by atoms with E-state index in [0.717, 1.165) is 37.3 Å². The molecule has 0 saturated carbocycles. The highest BCUT2D eigenvalue weighted by Gasteiger charge is 2.23. The Morgan fingerprint density at radius 1 is 1.30 bits per heavy atom. The van der Waals surface area contributed by atoms with Gasteiger partial charge in [-0.25, -0.2) is 4.68 Å². The molecule has 1 aliphatic rings. The first kappa shape index (κ1) is 15.9. The number of nitrogens with zero attached hydrogens (tertiary/aromatic N) is 4. The maximum absolute atomic E-state index is 11.2. The summed E-state index contributed by atoms with van der Waals surface area (Å²) in [6.07, 6.45) is 1.61. The molecule has 2 aromatic rings. The van der Waals surface area contributed by atoms with Crippen LogP contribution >= 0.6 is 12.2 Å². The van der Waals surface area contributed by atoms with Crippen molar-refractivity contribution >= 4 is 18.1 Å². The Morgan fingerprint density at radius 3 is 2.57 bits per heavy atom. The van der Waals surface area contributed by atoms with Crippen LogP contribution in [0.5, 0.6) is 0 Å². The van der Waals surface area contributed by atoms with E-state index in [0.29, 0.717) is 11.4 Å². The van der Waals surface area contributed by atoms with Gasteiger partial charge in [0.05, 0.1) is 6.67 Å². The zero-order chi connectivity index (χ0) is 16.4. The summed E-state index contributed by atoms with van der Waals surface area (Å²) in [6.45, 7) is 2.32. The van der Waals surface area contributed by atoms with Gasteiger partial charge in [0.15, 0.2) is 10.6 Å².